The molecule has 0 aromatic heterocycles. The molecule has 1 nitrogen and oxygen atoms in total. The number of unbranched alkanes of at least 4 members (excludes halogenated alkanes) is 1. The Morgan fingerprint density at radius 2 is 1.54 bits per heavy atom. The summed E-state index contributed by atoms with van der Waals surface area (Å²) >= 11 is 0. The fraction of sp³-hybridized carbons (Fsp3) is 1.00. The first-order chi connectivity index (χ1) is 6.35. The van der Waals surface area contributed by atoms with Crippen molar-refractivity contribution in [1.82, 2.24) is 5.32 Å². The van der Waals surface area contributed by atoms with E-state index in [1.54, 1.807) is 0 Å². The van der Waals surface area contributed by atoms with Crippen LogP contribution < -0.4 is 5.32 Å². The van der Waals surface area contributed by atoms with Crippen LogP contribution in [0.1, 0.15) is 59.3 Å². The molecule has 0 aliphatic heterocycles. The van der Waals surface area contributed by atoms with E-state index in [-0.39, 0.29) is 0 Å². The fourth-order valence-electron chi connectivity index (χ4n) is 1.77. The van der Waals surface area contributed by atoms with Crippen molar-refractivity contribution in [2.75, 3.05) is 13.1 Å². The fourth-order valence-corrected chi connectivity index (χ4v) is 1.77. The van der Waals surface area contributed by atoms with Crippen LogP contribution in [-0.2, 0) is 0 Å². The summed E-state index contributed by atoms with van der Waals surface area (Å²) < 4.78 is 0. The molecule has 0 bridgehead atoms. The molecule has 0 amide bonds. The zero-order chi connectivity index (χ0) is 9.94. The SMILES string of the molecule is CCCCNCC(CCC)CCC. The molecule has 0 fully saturated rings. The van der Waals surface area contributed by atoms with Crippen LogP contribution in [0.3, 0.4) is 0 Å². The molecular formula is C12H27N. The lowest BCUT2D eigenvalue weighted by Gasteiger charge is -2.15. The number of hydrogen-bond donors (Lipinski definition) is 1. The Hall–Kier alpha value is -0.0400. The second kappa shape index (κ2) is 10.0. The van der Waals surface area contributed by atoms with Crippen LogP contribution in [0.15, 0.2) is 0 Å². The summed E-state index contributed by atoms with van der Waals surface area (Å²) in [4.78, 5) is 0. The quantitative estimate of drug-likeness (QED) is 0.541. The van der Waals surface area contributed by atoms with Gasteiger partial charge in [0.25, 0.3) is 0 Å². The second-order valence-corrected chi connectivity index (χ2v) is 4.00. The maximum Gasteiger partial charge on any atom is -0.00205 e. The molecule has 0 aromatic rings. The van der Waals surface area contributed by atoms with E-state index in [4.69, 9.17) is 0 Å². The van der Waals surface area contributed by atoms with Crippen LogP contribution in [0.25, 0.3) is 0 Å². The zero-order valence-corrected chi connectivity index (χ0v) is 9.73. The molecule has 0 aliphatic rings. The molecule has 0 unspecified atom stereocenters. The van der Waals surface area contributed by atoms with Crippen LogP contribution in [0.5, 0.6) is 0 Å². The third kappa shape index (κ3) is 8.29. The van der Waals surface area contributed by atoms with E-state index in [9.17, 15) is 0 Å². The molecule has 1 N–H and O–H groups in total. The predicted octanol–water partition coefficient (Wildman–Crippen LogP) is 3.59. The van der Waals surface area contributed by atoms with E-state index in [2.05, 4.69) is 26.1 Å². The minimum atomic E-state index is 0.923. The minimum absolute atomic E-state index is 0.923. The topological polar surface area (TPSA) is 12.0 Å². The maximum absolute atomic E-state index is 3.56. The lowest BCUT2D eigenvalue weighted by Crippen LogP contribution is -2.23. The van der Waals surface area contributed by atoms with Gasteiger partial charge in [0.05, 0.1) is 0 Å². The first-order valence-corrected chi connectivity index (χ1v) is 6.05. The highest BCUT2D eigenvalue weighted by Gasteiger charge is 2.04. The molecule has 0 saturated heterocycles. The van der Waals surface area contributed by atoms with E-state index < -0.39 is 0 Å². The largest absolute Gasteiger partial charge is 0.316 e. The Morgan fingerprint density at radius 3 is 2.00 bits per heavy atom. The van der Waals surface area contributed by atoms with Crippen molar-refractivity contribution in [3.05, 3.63) is 0 Å². The van der Waals surface area contributed by atoms with Crippen LogP contribution in [0.4, 0.5) is 0 Å². The summed E-state index contributed by atoms with van der Waals surface area (Å²) in [6, 6.07) is 0. The maximum atomic E-state index is 3.56. The number of nitrogens with one attached hydrogen (secondary N) is 1. The summed E-state index contributed by atoms with van der Waals surface area (Å²) in [6.07, 6.45) is 8.09. The molecule has 0 aliphatic carbocycles. The van der Waals surface area contributed by atoms with E-state index >= 15 is 0 Å². The van der Waals surface area contributed by atoms with Gasteiger partial charge < -0.3 is 5.32 Å². The molecule has 80 valence electrons. The van der Waals surface area contributed by atoms with E-state index in [0.29, 0.717) is 0 Å². The van der Waals surface area contributed by atoms with Crippen molar-refractivity contribution in [3.8, 4) is 0 Å². The molecule has 0 spiro atoms. The van der Waals surface area contributed by atoms with E-state index in [1.165, 1.54) is 51.6 Å². The average molecular weight is 185 g/mol. The van der Waals surface area contributed by atoms with Crippen molar-refractivity contribution in [2.45, 2.75) is 59.3 Å². The summed E-state index contributed by atoms with van der Waals surface area (Å²) in [7, 11) is 0. The van der Waals surface area contributed by atoms with Gasteiger partial charge in [-0.1, -0.05) is 40.0 Å². The molecule has 1 heteroatoms. The highest BCUT2D eigenvalue weighted by molar-refractivity contribution is 4.61. The van der Waals surface area contributed by atoms with Gasteiger partial charge in [-0.15, -0.1) is 0 Å². The van der Waals surface area contributed by atoms with Crippen LogP contribution in [-0.4, -0.2) is 13.1 Å². The van der Waals surface area contributed by atoms with Gasteiger partial charge in [-0.3, -0.25) is 0 Å². The summed E-state index contributed by atoms with van der Waals surface area (Å²) in [5, 5.41) is 3.56. The van der Waals surface area contributed by atoms with Gasteiger partial charge in [0.15, 0.2) is 0 Å². The molecule has 0 saturated carbocycles. The van der Waals surface area contributed by atoms with Crippen molar-refractivity contribution >= 4 is 0 Å². The van der Waals surface area contributed by atoms with Crippen molar-refractivity contribution < 1.29 is 0 Å². The van der Waals surface area contributed by atoms with Crippen LogP contribution >= 0.6 is 0 Å². The molecule has 0 aromatic carbocycles. The summed E-state index contributed by atoms with van der Waals surface area (Å²) in [5.41, 5.74) is 0. The van der Waals surface area contributed by atoms with Crippen molar-refractivity contribution in [3.63, 3.8) is 0 Å². The van der Waals surface area contributed by atoms with Gasteiger partial charge in [-0.05, 0) is 38.3 Å². The molecular weight excluding hydrogens is 158 g/mol. The Kier molecular flexibility index (Phi) is 10.0. The standard InChI is InChI=1S/C12H27N/c1-4-7-10-13-11-12(8-5-2)9-6-3/h12-13H,4-11H2,1-3H3. The second-order valence-electron chi connectivity index (χ2n) is 4.00. The van der Waals surface area contributed by atoms with Crippen molar-refractivity contribution in [2.24, 2.45) is 5.92 Å². The molecule has 0 heterocycles. The first kappa shape index (κ1) is 13.0. The first-order valence-electron chi connectivity index (χ1n) is 6.05. The smallest absolute Gasteiger partial charge is 0.00205 e. The van der Waals surface area contributed by atoms with E-state index in [1.807, 2.05) is 0 Å². The lowest BCUT2D eigenvalue weighted by atomic mass is 9.98. The van der Waals surface area contributed by atoms with Gasteiger partial charge in [0.2, 0.25) is 0 Å². The minimum Gasteiger partial charge on any atom is -0.316 e. The summed E-state index contributed by atoms with van der Waals surface area (Å²) in [5.74, 6) is 0.923. The van der Waals surface area contributed by atoms with Crippen molar-refractivity contribution in [1.29, 1.82) is 0 Å². The van der Waals surface area contributed by atoms with E-state index in [0.717, 1.165) is 5.92 Å². The Morgan fingerprint density at radius 1 is 0.923 bits per heavy atom. The molecule has 0 rings (SSSR count). The third-order valence-electron chi connectivity index (χ3n) is 2.53. The Labute approximate surface area is 84.3 Å². The number of hydrogen-bond acceptors (Lipinski definition) is 1. The molecule has 0 radical (unpaired) electrons. The Bertz CT molecular complexity index is 85.1. The Balaban J connectivity index is 3.33. The van der Waals surface area contributed by atoms with Crippen LogP contribution in [0.2, 0.25) is 0 Å². The summed E-state index contributed by atoms with van der Waals surface area (Å²) in [6.45, 7) is 9.27. The molecule has 0 atom stereocenters. The number of rotatable bonds is 9. The third-order valence-corrected chi connectivity index (χ3v) is 2.53. The predicted molar refractivity (Wildman–Crippen MR) is 61.1 cm³/mol. The highest BCUT2D eigenvalue weighted by Crippen LogP contribution is 2.11. The van der Waals surface area contributed by atoms with Gasteiger partial charge in [-0.25, -0.2) is 0 Å². The van der Waals surface area contributed by atoms with Gasteiger partial charge in [0.1, 0.15) is 0 Å². The lowest BCUT2D eigenvalue weighted by molar-refractivity contribution is 0.409. The zero-order valence-electron chi connectivity index (χ0n) is 9.73. The average Bonchev–Trinajstić information content (AvgIpc) is 2.13. The van der Waals surface area contributed by atoms with Crippen LogP contribution in [0, 0.1) is 5.92 Å². The van der Waals surface area contributed by atoms with Gasteiger partial charge in [0, 0.05) is 0 Å². The monoisotopic (exact) mass is 185 g/mol. The normalized spacial score (nSPS) is 11.1. The van der Waals surface area contributed by atoms with Gasteiger partial charge >= 0.3 is 0 Å². The van der Waals surface area contributed by atoms with Gasteiger partial charge in [-0.2, -0.15) is 0 Å². The molecule has 13 heavy (non-hydrogen) atoms. The highest BCUT2D eigenvalue weighted by atomic mass is 14.8.